The fourth-order valence-electron chi connectivity index (χ4n) is 2.62. The van der Waals surface area contributed by atoms with Gasteiger partial charge in [0.15, 0.2) is 0 Å². The van der Waals surface area contributed by atoms with Crippen LogP contribution < -0.4 is 15.4 Å². The van der Waals surface area contributed by atoms with Gasteiger partial charge in [0.25, 0.3) is 0 Å². The molecule has 0 saturated carbocycles. The number of allylic oxidation sites excluding steroid dienone is 1. The van der Waals surface area contributed by atoms with Gasteiger partial charge >= 0.3 is 0 Å². The van der Waals surface area contributed by atoms with E-state index in [1.165, 1.54) is 31.3 Å². The van der Waals surface area contributed by atoms with Crippen LogP contribution in [0.1, 0.15) is 37.7 Å². The van der Waals surface area contributed by atoms with Crippen LogP contribution in [0.25, 0.3) is 0 Å². The molecule has 0 spiro atoms. The van der Waals surface area contributed by atoms with E-state index in [1.807, 2.05) is 24.3 Å². The minimum atomic E-state index is 0.0601. The topological polar surface area (TPSA) is 50.4 Å². The van der Waals surface area contributed by atoms with Crippen LogP contribution in [-0.4, -0.2) is 26.1 Å². The molecule has 4 nitrogen and oxygen atoms in total. The van der Waals surface area contributed by atoms with E-state index in [2.05, 4.69) is 16.7 Å². The number of ether oxygens (including phenoxy) is 1. The van der Waals surface area contributed by atoms with E-state index in [0.717, 1.165) is 24.3 Å². The Kier molecular flexibility index (Phi) is 6.97. The Balaban J connectivity index is 1.57. The summed E-state index contributed by atoms with van der Waals surface area (Å²) in [7, 11) is 1.65. The number of hydrogen-bond acceptors (Lipinski definition) is 3. The first-order valence-electron chi connectivity index (χ1n) is 8.06. The molecule has 0 saturated heterocycles. The zero-order chi connectivity index (χ0) is 15.6. The second-order valence-corrected chi connectivity index (χ2v) is 5.66. The Morgan fingerprint density at radius 1 is 1.23 bits per heavy atom. The molecule has 1 amide bonds. The van der Waals surface area contributed by atoms with Gasteiger partial charge in [0.05, 0.1) is 13.7 Å². The van der Waals surface area contributed by atoms with Crippen molar-refractivity contribution in [3.05, 3.63) is 41.5 Å². The molecule has 4 heteroatoms. The van der Waals surface area contributed by atoms with E-state index in [0.29, 0.717) is 13.1 Å². The van der Waals surface area contributed by atoms with Crippen LogP contribution in [0.2, 0.25) is 0 Å². The van der Waals surface area contributed by atoms with E-state index >= 15 is 0 Å². The Morgan fingerprint density at radius 3 is 2.73 bits per heavy atom. The lowest BCUT2D eigenvalue weighted by molar-refractivity contribution is -0.120. The van der Waals surface area contributed by atoms with Gasteiger partial charge in [-0.15, -0.1) is 0 Å². The lowest BCUT2D eigenvalue weighted by Gasteiger charge is -2.13. The fourth-order valence-corrected chi connectivity index (χ4v) is 2.62. The van der Waals surface area contributed by atoms with E-state index in [4.69, 9.17) is 4.74 Å². The molecule has 0 atom stereocenters. The van der Waals surface area contributed by atoms with Crippen LogP contribution in [0.5, 0.6) is 5.75 Å². The maximum absolute atomic E-state index is 11.8. The molecular formula is C18H26N2O2. The predicted octanol–water partition coefficient (Wildman–Crippen LogP) is 2.79. The van der Waals surface area contributed by atoms with Gasteiger partial charge in [-0.2, -0.15) is 0 Å². The van der Waals surface area contributed by atoms with Gasteiger partial charge < -0.3 is 15.4 Å². The van der Waals surface area contributed by atoms with Crippen molar-refractivity contribution in [2.24, 2.45) is 0 Å². The number of rotatable bonds is 8. The van der Waals surface area contributed by atoms with Gasteiger partial charge in [-0.05, 0) is 49.8 Å². The number of hydrogen-bond donors (Lipinski definition) is 2. The molecule has 22 heavy (non-hydrogen) atoms. The van der Waals surface area contributed by atoms with Crippen LogP contribution in [-0.2, 0) is 11.3 Å². The van der Waals surface area contributed by atoms with E-state index in [9.17, 15) is 4.79 Å². The van der Waals surface area contributed by atoms with E-state index in [-0.39, 0.29) is 5.91 Å². The predicted molar refractivity (Wildman–Crippen MR) is 88.9 cm³/mol. The summed E-state index contributed by atoms with van der Waals surface area (Å²) in [5.41, 5.74) is 2.64. The summed E-state index contributed by atoms with van der Waals surface area (Å²) in [6.45, 7) is 1.78. The lowest BCUT2D eigenvalue weighted by Crippen LogP contribution is -2.34. The molecule has 0 heterocycles. The molecule has 1 aromatic rings. The van der Waals surface area contributed by atoms with Crippen molar-refractivity contribution < 1.29 is 9.53 Å². The summed E-state index contributed by atoms with van der Waals surface area (Å²) in [5.74, 6) is 0.906. The van der Waals surface area contributed by atoms with Gasteiger partial charge in [0, 0.05) is 13.1 Å². The Hall–Kier alpha value is -1.81. The van der Waals surface area contributed by atoms with Gasteiger partial charge in [-0.1, -0.05) is 23.8 Å². The van der Waals surface area contributed by atoms with Crippen molar-refractivity contribution in [2.45, 2.75) is 38.6 Å². The van der Waals surface area contributed by atoms with E-state index < -0.39 is 0 Å². The molecule has 0 radical (unpaired) electrons. The highest BCUT2D eigenvalue weighted by molar-refractivity contribution is 5.77. The molecule has 1 aliphatic rings. The highest BCUT2D eigenvalue weighted by atomic mass is 16.5. The molecule has 2 rings (SSSR count). The van der Waals surface area contributed by atoms with Gasteiger partial charge in [-0.25, -0.2) is 0 Å². The molecule has 0 unspecified atom stereocenters. The van der Waals surface area contributed by atoms with Gasteiger partial charge in [-0.3, -0.25) is 4.79 Å². The number of benzene rings is 1. The average Bonchev–Trinajstić information content (AvgIpc) is 2.56. The molecule has 1 aliphatic carbocycles. The zero-order valence-electron chi connectivity index (χ0n) is 13.4. The minimum absolute atomic E-state index is 0.0601. The highest BCUT2D eigenvalue weighted by Crippen LogP contribution is 2.19. The lowest BCUT2D eigenvalue weighted by atomic mass is 9.97. The van der Waals surface area contributed by atoms with Crippen LogP contribution in [0.3, 0.4) is 0 Å². The summed E-state index contributed by atoms with van der Waals surface area (Å²) in [6.07, 6.45) is 8.33. The minimum Gasteiger partial charge on any atom is -0.497 e. The number of carbonyl (C=O) groups is 1. The molecule has 0 fully saturated rings. The van der Waals surface area contributed by atoms with Crippen molar-refractivity contribution in [1.82, 2.24) is 10.6 Å². The van der Waals surface area contributed by atoms with Crippen molar-refractivity contribution in [3.8, 4) is 5.75 Å². The summed E-state index contributed by atoms with van der Waals surface area (Å²) >= 11 is 0. The summed E-state index contributed by atoms with van der Waals surface area (Å²) in [6, 6.07) is 7.85. The molecule has 1 aromatic carbocycles. The first-order valence-corrected chi connectivity index (χ1v) is 8.06. The second-order valence-electron chi connectivity index (χ2n) is 5.66. The summed E-state index contributed by atoms with van der Waals surface area (Å²) < 4.78 is 5.12. The quantitative estimate of drug-likeness (QED) is 0.726. The third kappa shape index (κ3) is 5.90. The van der Waals surface area contributed by atoms with Crippen molar-refractivity contribution in [2.75, 3.05) is 20.2 Å². The average molecular weight is 302 g/mol. The highest BCUT2D eigenvalue weighted by Gasteiger charge is 2.05. The van der Waals surface area contributed by atoms with Crippen LogP contribution >= 0.6 is 0 Å². The Morgan fingerprint density at radius 2 is 2.05 bits per heavy atom. The number of nitrogens with one attached hydrogen (secondary N) is 2. The Labute approximate surface area is 132 Å². The first-order chi connectivity index (χ1) is 10.8. The maximum Gasteiger partial charge on any atom is 0.233 e. The van der Waals surface area contributed by atoms with Crippen LogP contribution in [0.4, 0.5) is 0 Å². The molecule has 2 N–H and O–H groups in total. The summed E-state index contributed by atoms with van der Waals surface area (Å²) in [4.78, 5) is 11.8. The normalized spacial score (nSPS) is 14.3. The fraction of sp³-hybridized carbons (Fsp3) is 0.500. The number of carbonyl (C=O) groups excluding carboxylic acids is 1. The first kappa shape index (κ1) is 16.6. The monoisotopic (exact) mass is 302 g/mol. The number of methoxy groups -OCH3 is 1. The number of amides is 1. The van der Waals surface area contributed by atoms with Crippen molar-refractivity contribution >= 4 is 5.91 Å². The maximum atomic E-state index is 11.8. The third-order valence-corrected chi connectivity index (χ3v) is 3.93. The molecular weight excluding hydrogens is 276 g/mol. The zero-order valence-corrected chi connectivity index (χ0v) is 13.4. The summed E-state index contributed by atoms with van der Waals surface area (Å²) in [5, 5.41) is 6.13. The second kappa shape index (κ2) is 9.26. The molecule has 0 aromatic heterocycles. The van der Waals surface area contributed by atoms with Crippen LogP contribution in [0, 0.1) is 0 Å². The SMILES string of the molecule is COc1ccc(CNCC(=O)NCCC2=CCCCC2)cc1. The van der Waals surface area contributed by atoms with Gasteiger partial charge in [0.1, 0.15) is 5.75 Å². The Bertz CT molecular complexity index is 494. The molecule has 0 bridgehead atoms. The third-order valence-electron chi connectivity index (χ3n) is 3.93. The largest absolute Gasteiger partial charge is 0.497 e. The standard InChI is InChI=1S/C18H26N2O2/c1-22-17-9-7-16(8-10-17)13-19-14-18(21)20-12-11-15-5-3-2-4-6-15/h5,7-10,19H,2-4,6,11-14H2,1H3,(H,20,21). The molecule has 120 valence electrons. The van der Waals surface area contributed by atoms with Crippen molar-refractivity contribution in [1.29, 1.82) is 0 Å². The van der Waals surface area contributed by atoms with Gasteiger partial charge in [0.2, 0.25) is 5.91 Å². The van der Waals surface area contributed by atoms with Crippen LogP contribution in [0.15, 0.2) is 35.9 Å². The molecule has 0 aliphatic heterocycles. The smallest absolute Gasteiger partial charge is 0.233 e. The van der Waals surface area contributed by atoms with E-state index in [1.54, 1.807) is 7.11 Å². The van der Waals surface area contributed by atoms with Crippen molar-refractivity contribution in [3.63, 3.8) is 0 Å².